The van der Waals surface area contributed by atoms with Crippen molar-refractivity contribution in [3.05, 3.63) is 58.1 Å². The van der Waals surface area contributed by atoms with Crippen LogP contribution in [0.2, 0.25) is 0 Å². The highest BCUT2D eigenvalue weighted by Gasteiger charge is 2.02. The van der Waals surface area contributed by atoms with E-state index in [1.165, 1.54) is 5.56 Å². The molecule has 2 nitrogen and oxygen atoms in total. The molecule has 1 N–H and O–H groups in total. The maximum absolute atomic E-state index is 8.82. The third-order valence-electron chi connectivity index (χ3n) is 2.71. The molecular formula is C15H13BrN2. The molecule has 0 heterocycles. The predicted molar refractivity (Wildman–Crippen MR) is 78.0 cm³/mol. The van der Waals surface area contributed by atoms with Crippen molar-refractivity contribution in [1.29, 1.82) is 5.26 Å². The Morgan fingerprint density at radius 3 is 2.72 bits per heavy atom. The topological polar surface area (TPSA) is 35.8 Å². The second-order valence-corrected chi connectivity index (χ2v) is 4.84. The lowest BCUT2D eigenvalue weighted by Gasteiger charge is -2.09. The summed E-state index contributed by atoms with van der Waals surface area (Å²) >= 11 is 3.47. The minimum atomic E-state index is 0.648. The van der Waals surface area contributed by atoms with E-state index in [9.17, 15) is 0 Å². The summed E-state index contributed by atoms with van der Waals surface area (Å²) in [5, 5.41) is 12.2. The highest BCUT2D eigenvalue weighted by molar-refractivity contribution is 9.10. The second-order valence-electron chi connectivity index (χ2n) is 3.99. The van der Waals surface area contributed by atoms with Gasteiger partial charge in [0.1, 0.15) is 0 Å². The number of hydrogen-bond acceptors (Lipinski definition) is 2. The van der Waals surface area contributed by atoms with E-state index >= 15 is 0 Å². The summed E-state index contributed by atoms with van der Waals surface area (Å²) < 4.78 is 0.892. The molecule has 0 saturated carbocycles. The smallest absolute Gasteiger partial charge is 0.0992 e. The number of benzene rings is 2. The Balaban J connectivity index is 2.26. The van der Waals surface area contributed by atoms with Crippen molar-refractivity contribution in [2.45, 2.75) is 13.3 Å². The van der Waals surface area contributed by atoms with Gasteiger partial charge < -0.3 is 5.32 Å². The second kappa shape index (κ2) is 5.70. The molecule has 0 radical (unpaired) electrons. The number of anilines is 2. The van der Waals surface area contributed by atoms with E-state index in [0.29, 0.717) is 5.56 Å². The average molecular weight is 301 g/mol. The Labute approximate surface area is 115 Å². The zero-order valence-electron chi connectivity index (χ0n) is 10.1. The van der Waals surface area contributed by atoms with Gasteiger partial charge in [0.25, 0.3) is 0 Å². The third-order valence-corrected chi connectivity index (χ3v) is 3.37. The van der Waals surface area contributed by atoms with E-state index in [4.69, 9.17) is 5.26 Å². The molecule has 2 aromatic rings. The van der Waals surface area contributed by atoms with Crippen LogP contribution in [-0.4, -0.2) is 0 Å². The van der Waals surface area contributed by atoms with Crippen molar-refractivity contribution in [3.63, 3.8) is 0 Å². The summed E-state index contributed by atoms with van der Waals surface area (Å²) in [5.74, 6) is 0. The van der Waals surface area contributed by atoms with Crippen molar-refractivity contribution >= 4 is 27.3 Å². The summed E-state index contributed by atoms with van der Waals surface area (Å²) in [5.41, 5.74) is 3.96. The van der Waals surface area contributed by atoms with Crippen molar-refractivity contribution < 1.29 is 0 Å². The third kappa shape index (κ3) is 2.91. The van der Waals surface area contributed by atoms with E-state index in [1.54, 1.807) is 6.07 Å². The molecule has 0 aliphatic heterocycles. The van der Waals surface area contributed by atoms with Gasteiger partial charge in [-0.3, -0.25) is 0 Å². The molecule has 18 heavy (non-hydrogen) atoms. The van der Waals surface area contributed by atoms with Crippen LogP contribution < -0.4 is 5.32 Å². The minimum Gasteiger partial charge on any atom is -0.355 e. The van der Waals surface area contributed by atoms with Gasteiger partial charge in [-0.2, -0.15) is 5.26 Å². The number of nitrogens with zero attached hydrogens (tertiary/aromatic N) is 1. The van der Waals surface area contributed by atoms with Gasteiger partial charge in [-0.15, -0.1) is 0 Å². The molecule has 0 saturated heterocycles. The monoisotopic (exact) mass is 300 g/mol. The van der Waals surface area contributed by atoms with Crippen molar-refractivity contribution in [2.75, 3.05) is 5.32 Å². The molecule has 0 aromatic heterocycles. The van der Waals surface area contributed by atoms with Crippen molar-refractivity contribution in [3.8, 4) is 6.07 Å². The largest absolute Gasteiger partial charge is 0.355 e. The number of nitrogens with one attached hydrogen (secondary N) is 1. The molecule has 0 bridgehead atoms. The quantitative estimate of drug-likeness (QED) is 0.897. The Morgan fingerprint density at radius 2 is 2.06 bits per heavy atom. The highest BCUT2D eigenvalue weighted by Crippen LogP contribution is 2.27. The van der Waals surface area contributed by atoms with Crippen LogP contribution in [0.5, 0.6) is 0 Å². The van der Waals surface area contributed by atoms with Gasteiger partial charge in [0.2, 0.25) is 0 Å². The summed E-state index contributed by atoms with van der Waals surface area (Å²) in [6.07, 6.45) is 1.02. The van der Waals surface area contributed by atoms with Crippen molar-refractivity contribution in [2.24, 2.45) is 0 Å². The van der Waals surface area contributed by atoms with E-state index in [0.717, 1.165) is 22.3 Å². The SMILES string of the molecule is CCc1cccc(Nc2ccc(C#N)cc2Br)c1. The van der Waals surface area contributed by atoms with Crippen LogP contribution >= 0.6 is 15.9 Å². The van der Waals surface area contributed by atoms with Gasteiger partial charge in [-0.1, -0.05) is 19.1 Å². The molecule has 90 valence electrons. The first-order valence-electron chi connectivity index (χ1n) is 5.78. The fraction of sp³-hybridized carbons (Fsp3) is 0.133. The van der Waals surface area contributed by atoms with Crippen LogP contribution in [0.4, 0.5) is 11.4 Å². The molecule has 2 rings (SSSR count). The van der Waals surface area contributed by atoms with Crippen LogP contribution in [0.3, 0.4) is 0 Å². The van der Waals surface area contributed by atoms with E-state index in [-0.39, 0.29) is 0 Å². The van der Waals surface area contributed by atoms with Gasteiger partial charge in [0.15, 0.2) is 0 Å². The number of aryl methyl sites for hydroxylation is 1. The van der Waals surface area contributed by atoms with Gasteiger partial charge in [0, 0.05) is 10.2 Å². The minimum absolute atomic E-state index is 0.648. The fourth-order valence-electron chi connectivity index (χ4n) is 1.71. The maximum atomic E-state index is 8.82. The number of hydrogen-bond donors (Lipinski definition) is 1. The first-order chi connectivity index (χ1) is 8.72. The summed E-state index contributed by atoms with van der Waals surface area (Å²) in [7, 11) is 0. The Bertz CT molecular complexity index is 600. The Kier molecular flexibility index (Phi) is 4.01. The maximum Gasteiger partial charge on any atom is 0.0992 e. The number of rotatable bonds is 3. The van der Waals surface area contributed by atoms with Crippen molar-refractivity contribution in [1.82, 2.24) is 0 Å². The number of halogens is 1. The standard InChI is InChI=1S/C15H13BrN2/c1-2-11-4-3-5-13(8-11)18-15-7-6-12(10-17)9-14(15)16/h3-9,18H,2H2,1H3. The predicted octanol–water partition coefficient (Wildman–Crippen LogP) is 4.63. The normalized spacial score (nSPS) is 9.83. The Morgan fingerprint density at radius 1 is 1.22 bits per heavy atom. The molecule has 0 spiro atoms. The first kappa shape index (κ1) is 12.7. The molecule has 0 aliphatic rings. The van der Waals surface area contributed by atoms with Crippen LogP contribution in [0.1, 0.15) is 18.1 Å². The lowest BCUT2D eigenvalue weighted by molar-refractivity contribution is 1.14. The molecule has 3 heteroatoms. The lowest BCUT2D eigenvalue weighted by Crippen LogP contribution is -1.93. The van der Waals surface area contributed by atoms with Crippen LogP contribution in [-0.2, 0) is 6.42 Å². The van der Waals surface area contributed by atoms with Crippen LogP contribution in [0.25, 0.3) is 0 Å². The van der Waals surface area contributed by atoms with Gasteiger partial charge in [0.05, 0.1) is 17.3 Å². The summed E-state index contributed by atoms with van der Waals surface area (Å²) in [6, 6.07) is 15.9. The Hall–Kier alpha value is -1.79. The van der Waals surface area contributed by atoms with E-state index < -0.39 is 0 Å². The molecular weight excluding hydrogens is 288 g/mol. The molecule has 0 amide bonds. The zero-order chi connectivity index (χ0) is 13.0. The molecule has 0 fully saturated rings. The fourth-order valence-corrected chi connectivity index (χ4v) is 2.19. The first-order valence-corrected chi connectivity index (χ1v) is 6.58. The van der Waals surface area contributed by atoms with E-state index in [1.807, 2.05) is 24.3 Å². The molecule has 2 aromatic carbocycles. The molecule has 0 atom stereocenters. The average Bonchev–Trinajstić information content (AvgIpc) is 2.41. The zero-order valence-corrected chi connectivity index (χ0v) is 11.7. The molecule has 0 unspecified atom stereocenters. The molecule has 0 aliphatic carbocycles. The van der Waals surface area contributed by atoms with E-state index in [2.05, 4.69) is 46.4 Å². The van der Waals surface area contributed by atoms with Gasteiger partial charge >= 0.3 is 0 Å². The highest BCUT2D eigenvalue weighted by atomic mass is 79.9. The van der Waals surface area contributed by atoms with Gasteiger partial charge in [-0.25, -0.2) is 0 Å². The van der Waals surface area contributed by atoms with Gasteiger partial charge in [-0.05, 0) is 58.2 Å². The summed E-state index contributed by atoms with van der Waals surface area (Å²) in [4.78, 5) is 0. The summed E-state index contributed by atoms with van der Waals surface area (Å²) in [6.45, 7) is 2.14. The lowest BCUT2D eigenvalue weighted by atomic mass is 10.1. The number of nitriles is 1. The van der Waals surface area contributed by atoms with Crippen LogP contribution in [0.15, 0.2) is 46.9 Å². The van der Waals surface area contributed by atoms with Crippen LogP contribution in [0, 0.1) is 11.3 Å².